The average Bonchev–Trinajstić information content (AvgIpc) is 3.01. The van der Waals surface area contributed by atoms with Crippen LogP contribution < -0.4 is 5.32 Å². The molecule has 4 rings (SSSR count). The Morgan fingerprint density at radius 3 is 1.81 bits per heavy atom. The minimum Gasteiger partial charge on any atom is -0.342 e. The molecule has 0 saturated carbocycles. The van der Waals surface area contributed by atoms with Gasteiger partial charge in [-0.25, -0.2) is 13.2 Å². The van der Waals surface area contributed by atoms with Crippen LogP contribution in [0.1, 0.15) is 29.0 Å². The summed E-state index contributed by atoms with van der Waals surface area (Å²) in [6.45, 7) is 0. The molecule has 5 heteroatoms. The molecular weight excluding hydrogens is 351 g/mol. The van der Waals surface area contributed by atoms with Gasteiger partial charge in [-0.1, -0.05) is 42.5 Å². The number of hydrogen-bond donors (Lipinski definition) is 1. The lowest BCUT2D eigenvalue weighted by Crippen LogP contribution is -2.43. The van der Waals surface area contributed by atoms with E-state index in [0.29, 0.717) is 16.7 Å². The second-order valence-electron chi connectivity index (χ2n) is 6.65. The van der Waals surface area contributed by atoms with Gasteiger partial charge in [-0.2, -0.15) is 0 Å². The first kappa shape index (κ1) is 17.3. The van der Waals surface area contributed by atoms with E-state index in [2.05, 4.69) is 5.32 Å². The predicted octanol–water partition coefficient (Wildman–Crippen LogP) is 4.65. The maximum Gasteiger partial charge on any atom is 0.221 e. The van der Waals surface area contributed by atoms with Gasteiger partial charge in [0.2, 0.25) is 5.91 Å². The van der Waals surface area contributed by atoms with Crippen molar-refractivity contribution in [2.75, 3.05) is 0 Å². The van der Waals surface area contributed by atoms with Gasteiger partial charge in [-0.05, 0) is 47.0 Å². The molecule has 0 aromatic heterocycles. The number of nitrogens with one attached hydrogen (secondary N) is 1. The van der Waals surface area contributed by atoms with Gasteiger partial charge >= 0.3 is 0 Å². The molecule has 1 atom stereocenters. The SMILES string of the molecule is O=C1C[C@@H](c2ccccc2F)C(c2ccc(F)cc2)(c2ccc(F)cc2)N1. The van der Waals surface area contributed by atoms with Crippen LogP contribution in [0.5, 0.6) is 0 Å². The molecule has 0 aliphatic carbocycles. The van der Waals surface area contributed by atoms with Crippen molar-refractivity contribution in [3.05, 3.63) is 107 Å². The summed E-state index contributed by atoms with van der Waals surface area (Å²) in [6, 6.07) is 17.7. The van der Waals surface area contributed by atoms with Gasteiger partial charge in [-0.3, -0.25) is 4.79 Å². The standard InChI is InChI=1S/C22H16F3NO/c23-16-9-5-14(6-10-16)22(15-7-11-17(24)12-8-15)19(13-21(27)26-22)18-3-1-2-4-20(18)25/h1-12,19H,13H2,(H,26,27)/t19-/m0/s1. The minimum absolute atomic E-state index is 0.0652. The zero-order chi connectivity index (χ0) is 19.0. The number of benzene rings is 3. The normalized spacial score (nSPS) is 18.3. The molecule has 1 aliphatic rings. The Balaban J connectivity index is 1.98. The molecule has 1 saturated heterocycles. The lowest BCUT2D eigenvalue weighted by molar-refractivity contribution is -0.119. The van der Waals surface area contributed by atoms with Gasteiger partial charge in [0, 0.05) is 12.3 Å². The van der Waals surface area contributed by atoms with Crippen LogP contribution in [-0.2, 0) is 10.3 Å². The smallest absolute Gasteiger partial charge is 0.221 e. The van der Waals surface area contributed by atoms with Crippen LogP contribution in [0.4, 0.5) is 13.2 Å². The molecular formula is C22H16F3NO. The van der Waals surface area contributed by atoms with Crippen molar-refractivity contribution in [2.45, 2.75) is 17.9 Å². The molecule has 27 heavy (non-hydrogen) atoms. The Hall–Kier alpha value is -3.08. The van der Waals surface area contributed by atoms with E-state index in [1.807, 2.05) is 0 Å². The molecule has 2 nitrogen and oxygen atoms in total. The molecule has 1 fully saturated rings. The van der Waals surface area contributed by atoms with Crippen LogP contribution in [0.2, 0.25) is 0 Å². The van der Waals surface area contributed by atoms with E-state index >= 15 is 0 Å². The van der Waals surface area contributed by atoms with E-state index in [0.717, 1.165) is 0 Å². The lowest BCUT2D eigenvalue weighted by atomic mass is 9.71. The number of carbonyl (C=O) groups excluding carboxylic acids is 1. The highest BCUT2D eigenvalue weighted by molar-refractivity contribution is 5.83. The van der Waals surface area contributed by atoms with Crippen LogP contribution in [0.15, 0.2) is 72.8 Å². The highest BCUT2D eigenvalue weighted by Crippen LogP contribution is 2.48. The van der Waals surface area contributed by atoms with Gasteiger partial charge in [-0.15, -0.1) is 0 Å². The summed E-state index contributed by atoms with van der Waals surface area (Å²) in [7, 11) is 0. The molecule has 0 radical (unpaired) electrons. The van der Waals surface area contributed by atoms with Crippen LogP contribution in [-0.4, -0.2) is 5.91 Å². The van der Waals surface area contributed by atoms with Gasteiger partial charge in [0.1, 0.15) is 17.5 Å². The van der Waals surface area contributed by atoms with Crippen molar-refractivity contribution in [3.63, 3.8) is 0 Å². The fourth-order valence-electron chi connectivity index (χ4n) is 3.94. The maximum atomic E-state index is 14.6. The molecule has 1 aliphatic heterocycles. The van der Waals surface area contributed by atoms with E-state index in [9.17, 15) is 18.0 Å². The molecule has 0 bridgehead atoms. The van der Waals surface area contributed by atoms with E-state index in [-0.39, 0.29) is 12.3 Å². The summed E-state index contributed by atoms with van der Waals surface area (Å²) in [5.74, 6) is -2.08. The van der Waals surface area contributed by atoms with Crippen molar-refractivity contribution < 1.29 is 18.0 Å². The summed E-state index contributed by atoms with van der Waals surface area (Å²) in [5.41, 5.74) is 0.467. The van der Waals surface area contributed by atoms with Crippen LogP contribution in [0.3, 0.4) is 0 Å². The zero-order valence-corrected chi connectivity index (χ0v) is 14.3. The summed E-state index contributed by atoms with van der Waals surface area (Å²) >= 11 is 0. The summed E-state index contributed by atoms with van der Waals surface area (Å²) in [4.78, 5) is 12.5. The lowest BCUT2D eigenvalue weighted by Gasteiger charge is -2.37. The molecule has 1 N–H and O–H groups in total. The number of amides is 1. The Morgan fingerprint density at radius 2 is 1.30 bits per heavy atom. The van der Waals surface area contributed by atoms with Crippen LogP contribution in [0.25, 0.3) is 0 Å². The third kappa shape index (κ3) is 2.89. The van der Waals surface area contributed by atoms with Crippen molar-refractivity contribution in [2.24, 2.45) is 0 Å². The number of hydrogen-bond acceptors (Lipinski definition) is 1. The summed E-state index contributed by atoms with van der Waals surface area (Å²) in [6.07, 6.45) is 0.0652. The van der Waals surface area contributed by atoms with Gasteiger partial charge in [0.15, 0.2) is 0 Å². The number of rotatable bonds is 3. The van der Waals surface area contributed by atoms with Crippen LogP contribution in [0, 0.1) is 17.5 Å². The third-order valence-electron chi connectivity index (χ3n) is 5.13. The molecule has 0 spiro atoms. The quantitative estimate of drug-likeness (QED) is 0.717. The first-order chi connectivity index (χ1) is 13.0. The number of carbonyl (C=O) groups is 1. The number of halogens is 3. The fraction of sp³-hybridized carbons (Fsp3) is 0.136. The monoisotopic (exact) mass is 367 g/mol. The summed E-state index contributed by atoms with van der Waals surface area (Å²) in [5, 5.41) is 2.96. The molecule has 1 amide bonds. The van der Waals surface area contributed by atoms with E-state index in [4.69, 9.17) is 0 Å². The van der Waals surface area contributed by atoms with Crippen molar-refractivity contribution in [1.29, 1.82) is 0 Å². The van der Waals surface area contributed by atoms with Gasteiger partial charge in [0.25, 0.3) is 0 Å². The van der Waals surface area contributed by atoms with Crippen molar-refractivity contribution in [1.82, 2.24) is 5.32 Å². The minimum atomic E-state index is -1.12. The second kappa shape index (κ2) is 6.58. The van der Waals surface area contributed by atoms with Crippen molar-refractivity contribution in [3.8, 4) is 0 Å². The fourth-order valence-corrected chi connectivity index (χ4v) is 3.94. The molecule has 136 valence electrons. The largest absolute Gasteiger partial charge is 0.342 e. The van der Waals surface area contributed by atoms with Crippen molar-refractivity contribution >= 4 is 5.91 Å². The predicted molar refractivity (Wildman–Crippen MR) is 95.5 cm³/mol. The van der Waals surface area contributed by atoms with Gasteiger partial charge in [0.05, 0.1) is 5.54 Å². The second-order valence-corrected chi connectivity index (χ2v) is 6.65. The molecule has 3 aromatic rings. The Labute approximate surface area is 154 Å². The van der Waals surface area contributed by atoms with E-state index in [1.54, 1.807) is 42.5 Å². The Bertz CT molecular complexity index is 938. The van der Waals surface area contributed by atoms with E-state index in [1.165, 1.54) is 30.3 Å². The van der Waals surface area contributed by atoms with Crippen LogP contribution >= 0.6 is 0 Å². The highest BCUT2D eigenvalue weighted by Gasteiger charge is 2.50. The Morgan fingerprint density at radius 1 is 0.778 bits per heavy atom. The first-order valence-electron chi connectivity index (χ1n) is 8.58. The first-order valence-corrected chi connectivity index (χ1v) is 8.58. The zero-order valence-electron chi connectivity index (χ0n) is 14.3. The molecule has 0 unspecified atom stereocenters. The molecule has 3 aromatic carbocycles. The Kier molecular flexibility index (Phi) is 4.22. The topological polar surface area (TPSA) is 29.1 Å². The maximum absolute atomic E-state index is 14.6. The third-order valence-corrected chi connectivity index (χ3v) is 5.13. The average molecular weight is 367 g/mol. The summed E-state index contributed by atoms with van der Waals surface area (Å²) < 4.78 is 41.6. The van der Waals surface area contributed by atoms with Gasteiger partial charge < -0.3 is 5.32 Å². The highest BCUT2D eigenvalue weighted by atomic mass is 19.1. The molecule has 1 heterocycles. The van der Waals surface area contributed by atoms with E-state index < -0.39 is 28.9 Å².